The highest BCUT2D eigenvalue weighted by molar-refractivity contribution is 4.56. The molecule has 0 rings (SSSR count). The average molecular weight is 383 g/mol. The molecule has 0 radical (unpaired) electrons. The number of nitrogens with two attached hydrogens (primary N) is 1. The van der Waals surface area contributed by atoms with Crippen LogP contribution in [-0.4, -0.2) is 113 Å². The van der Waals surface area contributed by atoms with Gasteiger partial charge in [-0.1, -0.05) is 0 Å². The fourth-order valence-electron chi connectivity index (χ4n) is 1.76. The van der Waals surface area contributed by atoms with Crippen LogP contribution in [0.1, 0.15) is 0 Å². The predicted molar refractivity (Wildman–Crippen MR) is 96.6 cm³/mol. The molecule has 0 aromatic heterocycles. The molecule has 0 amide bonds. The summed E-state index contributed by atoms with van der Waals surface area (Å²) < 4.78 is 42.7. The molecule has 0 heterocycles. The molecule has 26 heavy (non-hydrogen) atoms. The number of hydrogen-bond acceptors (Lipinski definition) is 9. The number of ether oxygens (including phenoxy) is 8. The number of hydrogen-bond donors (Lipinski definition) is 1. The summed E-state index contributed by atoms with van der Waals surface area (Å²) in [6.07, 6.45) is -0.172. The fourth-order valence-corrected chi connectivity index (χ4v) is 1.76. The van der Waals surface area contributed by atoms with Crippen molar-refractivity contribution in [3.63, 3.8) is 0 Å². The Morgan fingerprint density at radius 3 is 1.46 bits per heavy atom. The molecule has 0 aliphatic rings. The zero-order chi connectivity index (χ0) is 19.1. The van der Waals surface area contributed by atoms with E-state index in [4.69, 9.17) is 43.6 Å². The van der Waals surface area contributed by atoms with Crippen molar-refractivity contribution in [2.75, 3.05) is 107 Å². The topological polar surface area (TPSA) is 99.9 Å². The van der Waals surface area contributed by atoms with Crippen molar-refractivity contribution >= 4 is 0 Å². The van der Waals surface area contributed by atoms with Crippen LogP contribution in [0, 0.1) is 0 Å². The van der Waals surface area contributed by atoms with Crippen molar-refractivity contribution < 1.29 is 37.9 Å². The summed E-state index contributed by atoms with van der Waals surface area (Å²) in [5.74, 6) is 0. The Kier molecular flexibility index (Phi) is 22.4. The normalized spacial score (nSPS) is 11.5. The summed E-state index contributed by atoms with van der Waals surface area (Å²) in [5.41, 5.74) is 5.37. The smallest absolute Gasteiger partial charge is 0.104 e. The van der Waals surface area contributed by atoms with Crippen LogP contribution in [0.15, 0.2) is 0 Å². The molecule has 0 spiro atoms. The lowest BCUT2D eigenvalue weighted by Crippen LogP contribution is -2.29. The summed E-state index contributed by atoms with van der Waals surface area (Å²) in [5, 5.41) is 0. The second kappa shape index (κ2) is 22.7. The zero-order valence-corrected chi connectivity index (χ0v) is 16.3. The minimum absolute atomic E-state index is 0.172. The Balaban J connectivity index is 3.75. The van der Waals surface area contributed by atoms with Crippen molar-refractivity contribution in [1.29, 1.82) is 0 Å². The molecule has 0 unspecified atom stereocenters. The van der Waals surface area contributed by atoms with Crippen LogP contribution in [0.25, 0.3) is 0 Å². The fraction of sp³-hybridized carbons (Fsp3) is 1.00. The van der Waals surface area contributed by atoms with E-state index in [1.807, 2.05) is 0 Å². The van der Waals surface area contributed by atoms with Gasteiger partial charge in [0, 0.05) is 20.8 Å². The molecule has 0 aliphatic heterocycles. The quantitative estimate of drug-likeness (QED) is 0.253. The van der Waals surface area contributed by atoms with Crippen LogP contribution >= 0.6 is 0 Å². The van der Waals surface area contributed by atoms with Crippen LogP contribution in [0.4, 0.5) is 0 Å². The van der Waals surface area contributed by atoms with E-state index < -0.39 is 0 Å². The standard InChI is InChI=1S/C17H37NO8/c1-19-5-7-22-9-11-24-15-17(26-14-13-21-4-3-18)16-25-12-10-23-8-6-20-2/h17H,3-16,18H2,1-2H3. The van der Waals surface area contributed by atoms with Gasteiger partial charge in [0.1, 0.15) is 6.10 Å². The highest BCUT2D eigenvalue weighted by Crippen LogP contribution is 1.97. The van der Waals surface area contributed by atoms with Gasteiger partial charge in [-0.25, -0.2) is 0 Å². The third-order valence-electron chi connectivity index (χ3n) is 3.06. The lowest BCUT2D eigenvalue weighted by Gasteiger charge is -2.18. The first kappa shape index (κ1) is 25.6. The summed E-state index contributed by atoms with van der Waals surface area (Å²) in [6.45, 7) is 7.14. The van der Waals surface area contributed by atoms with Crippen LogP contribution in [0.2, 0.25) is 0 Å². The van der Waals surface area contributed by atoms with E-state index in [9.17, 15) is 0 Å². The molecule has 158 valence electrons. The molecule has 0 saturated carbocycles. The molecule has 0 fully saturated rings. The van der Waals surface area contributed by atoms with Crippen molar-refractivity contribution in [1.82, 2.24) is 0 Å². The molecule has 2 N–H and O–H groups in total. The first-order valence-corrected chi connectivity index (χ1v) is 9.03. The second-order valence-corrected chi connectivity index (χ2v) is 5.25. The third kappa shape index (κ3) is 20.0. The summed E-state index contributed by atoms with van der Waals surface area (Å²) in [6, 6.07) is 0. The van der Waals surface area contributed by atoms with Crippen molar-refractivity contribution in [3.8, 4) is 0 Å². The minimum Gasteiger partial charge on any atom is -0.382 e. The number of rotatable bonds is 22. The van der Waals surface area contributed by atoms with Crippen molar-refractivity contribution in [2.45, 2.75) is 6.10 Å². The summed E-state index contributed by atoms with van der Waals surface area (Å²) >= 11 is 0. The zero-order valence-electron chi connectivity index (χ0n) is 16.3. The Morgan fingerprint density at radius 1 is 0.538 bits per heavy atom. The van der Waals surface area contributed by atoms with Crippen LogP contribution in [-0.2, 0) is 37.9 Å². The number of methoxy groups -OCH3 is 2. The van der Waals surface area contributed by atoms with Gasteiger partial charge >= 0.3 is 0 Å². The maximum Gasteiger partial charge on any atom is 0.104 e. The maximum absolute atomic E-state index is 5.74. The summed E-state index contributed by atoms with van der Waals surface area (Å²) in [4.78, 5) is 0. The van der Waals surface area contributed by atoms with Crippen molar-refractivity contribution in [3.05, 3.63) is 0 Å². The third-order valence-corrected chi connectivity index (χ3v) is 3.06. The molecule has 0 atom stereocenters. The van der Waals surface area contributed by atoms with E-state index in [1.165, 1.54) is 0 Å². The van der Waals surface area contributed by atoms with E-state index >= 15 is 0 Å². The maximum atomic E-state index is 5.74. The largest absolute Gasteiger partial charge is 0.382 e. The Labute approximate surface area is 157 Å². The highest BCUT2D eigenvalue weighted by atomic mass is 16.6. The average Bonchev–Trinajstić information content (AvgIpc) is 2.65. The van der Waals surface area contributed by atoms with Crippen LogP contribution < -0.4 is 5.73 Å². The van der Waals surface area contributed by atoms with E-state index in [0.717, 1.165) is 0 Å². The molecule has 0 saturated heterocycles. The Morgan fingerprint density at radius 2 is 0.962 bits per heavy atom. The van der Waals surface area contributed by atoms with E-state index in [-0.39, 0.29) is 6.10 Å². The van der Waals surface area contributed by atoms with Gasteiger partial charge in [-0.3, -0.25) is 0 Å². The molecule has 0 bridgehead atoms. The monoisotopic (exact) mass is 383 g/mol. The first-order valence-electron chi connectivity index (χ1n) is 9.03. The second-order valence-electron chi connectivity index (χ2n) is 5.25. The molecular formula is C17H37NO8. The summed E-state index contributed by atoms with van der Waals surface area (Å²) in [7, 11) is 3.28. The van der Waals surface area contributed by atoms with Gasteiger partial charge in [0.05, 0.1) is 85.9 Å². The lowest BCUT2D eigenvalue weighted by molar-refractivity contribution is -0.0842. The molecule has 0 aromatic rings. The van der Waals surface area contributed by atoms with Crippen molar-refractivity contribution in [2.24, 2.45) is 5.73 Å². The molecule has 0 aliphatic carbocycles. The SMILES string of the molecule is COCCOCCOCC(COCCOCCOC)OCCOCCN. The van der Waals surface area contributed by atoms with E-state index in [1.54, 1.807) is 14.2 Å². The first-order chi connectivity index (χ1) is 12.8. The highest BCUT2D eigenvalue weighted by Gasteiger charge is 2.10. The van der Waals surface area contributed by atoms with Gasteiger partial charge in [0.15, 0.2) is 0 Å². The van der Waals surface area contributed by atoms with Gasteiger partial charge in [-0.15, -0.1) is 0 Å². The Bertz CT molecular complexity index is 243. The van der Waals surface area contributed by atoms with Crippen LogP contribution in [0.5, 0.6) is 0 Å². The molecular weight excluding hydrogens is 346 g/mol. The Hall–Kier alpha value is -0.360. The van der Waals surface area contributed by atoms with Gasteiger partial charge in [-0.2, -0.15) is 0 Å². The van der Waals surface area contributed by atoms with Crippen LogP contribution in [0.3, 0.4) is 0 Å². The molecule has 9 heteroatoms. The van der Waals surface area contributed by atoms with Gasteiger partial charge in [0.2, 0.25) is 0 Å². The van der Waals surface area contributed by atoms with Gasteiger partial charge in [-0.05, 0) is 0 Å². The van der Waals surface area contributed by atoms with Gasteiger partial charge < -0.3 is 43.6 Å². The lowest BCUT2D eigenvalue weighted by atomic mass is 10.4. The van der Waals surface area contributed by atoms with E-state index in [0.29, 0.717) is 92.4 Å². The minimum atomic E-state index is -0.172. The van der Waals surface area contributed by atoms with Gasteiger partial charge in [0.25, 0.3) is 0 Å². The molecule has 9 nitrogen and oxygen atoms in total. The predicted octanol–water partition coefficient (Wildman–Crippen LogP) is -0.294. The van der Waals surface area contributed by atoms with E-state index in [2.05, 4.69) is 0 Å². The molecule has 0 aromatic carbocycles.